The first-order valence-corrected chi connectivity index (χ1v) is 8.02. The number of rotatable bonds is 2. The number of nitrogens with zero attached hydrogens (tertiary/aromatic N) is 4. The van der Waals surface area contributed by atoms with E-state index in [0.29, 0.717) is 6.04 Å². The van der Waals surface area contributed by atoms with Crippen LogP contribution in [-0.2, 0) is 10.2 Å². The van der Waals surface area contributed by atoms with E-state index in [1.165, 1.54) is 0 Å². The van der Waals surface area contributed by atoms with Crippen molar-refractivity contribution in [3.05, 3.63) is 11.9 Å². The smallest absolute Gasteiger partial charge is 0.214 e. The van der Waals surface area contributed by atoms with Gasteiger partial charge in [0.05, 0.1) is 31.1 Å². The number of fused-ring (bicyclic) bond motifs is 1. The average Bonchev–Trinajstić information content (AvgIpc) is 2.96. The minimum Gasteiger partial charge on any atom is -0.377 e. The molecule has 3 heterocycles. The normalized spacial score (nSPS) is 20.8. The predicted octanol–water partition coefficient (Wildman–Crippen LogP) is 2.70. The lowest BCUT2D eigenvalue weighted by molar-refractivity contribution is 0.0929. The summed E-state index contributed by atoms with van der Waals surface area (Å²) in [6.45, 7) is 11.2. The van der Waals surface area contributed by atoms with Gasteiger partial charge in [-0.05, 0) is 6.42 Å². The fourth-order valence-corrected chi connectivity index (χ4v) is 3.39. The second-order valence-electron chi connectivity index (χ2n) is 6.32. The van der Waals surface area contributed by atoms with Crippen molar-refractivity contribution in [2.24, 2.45) is 0 Å². The van der Waals surface area contributed by atoms with E-state index >= 15 is 0 Å². The van der Waals surface area contributed by atoms with Gasteiger partial charge in [-0.15, -0.1) is 5.10 Å². The van der Waals surface area contributed by atoms with Crippen molar-refractivity contribution in [3.8, 4) is 0 Å². The summed E-state index contributed by atoms with van der Waals surface area (Å²) in [7, 11) is 0. The van der Waals surface area contributed by atoms with Gasteiger partial charge in [0.2, 0.25) is 10.1 Å². The highest BCUT2D eigenvalue weighted by Gasteiger charge is 2.26. The highest BCUT2D eigenvalue weighted by Crippen LogP contribution is 2.29. The van der Waals surface area contributed by atoms with Crippen LogP contribution < -0.4 is 4.90 Å². The highest BCUT2D eigenvalue weighted by atomic mass is 32.1. The van der Waals surface area contributed by atoms with Gasteiger partial charge in [0.15, 0.2) is 0 Å². The number of aromatic nitrogens is 3. The number of morpholine rings is 1. The molecule has 5 nitrogen and oxygen atoms in total. The SMILES string of the molecule is CCC1COCCN1c1nn2cc(C(C)(C)C)nc2s1. The number of hydrogen-bond acceptors (Lipinski definition) is 5. The third kappa shape index (κ3) is 2.42. The molecule has 0 aliphatic carbocycles. The van der Waals surface area contributed by atoms with Crippen LogP contribution in [0.4, 0.5) is 5.13 Å². The van der Waals surface area contributed by atoms with Crippen LogP contribution in [0, 0.1) is 0 Å². The maximum atomic E-state index is 5.56. The molecule has 1 aliphatic heterocycles. The summed E-state index contributed by atoms with van der Waals surface area (Å²) >= 11 is 1.67. The van der Waals surface area contributed by atoms with Crippen molar-refractivity contribution in [3.63, 3.8) is 0 Å². The van der Waals surface area contributed by atoms with Gasteiger partial charge in [-0.2, -0.15) is 0 Å². The summed E-state index contributed by atoms with van der Waals surface area (Å²) in [5.41, 5.74) is 1.16. The number of anilines is 1. The van der Waals surface area contributed by atoms with Gasteiger partial charge in [-0.1, -0.05) is 39.0 Å². The largest absolute Gasteiger partial charge is 0.377 e. The first-order chi connectivity index (χ1) is 9.49. The Morgan fingerprint density at radius 2 is 2.25 bits per heavy atom. The molecule has 1 unspecified atom stereocenters. The van der Waals surface area contributed by atoms with Crippen molar-refractivity contribution >= 4 is 21.4 Å². The maximum absolute atomic E-state index is 5.56. The van der Waals surface area contributed by atoms with Crippen LogP contribution in [0.1, 0.15) is 39.8 Å². The van der Waals surface area contributed by atoms with Crippen LogP contribution in [0.3, 0.4) is 0 Å². The van der Waals surface area contributed by atoms with Crippen LogP contribution in [0.5, 0.6) is 0 Å². The highest BCUT2D eigenvalue weighted by molar-refractivity contribution is 7.20. The zero-order valence-corrected chi connectivity index (χ0v) is 13.4. The number of hydrogen-bond donors (Lipinski definition) is 0. The van der Waals surface area contributed by atoms with Gasteiger partial charge in [-0.3, -0.25) is 0 Å². The van der Waals surface area contributed by atoms with Crippen molar-refractivity contribution in [1.29, 1.82) is 0 Å². The van der Waals surface area contributed by atoms with Gasteiger partial charge in [0.25, 0.3) is 0 Å². The Labute approximate surface area is 123 Å². The summed E-state index contributed by atoms with van der Waals surface area (Å²) in [5.74, 6) is 0. The molecule has 0 saturated carbocycles. The molecule has 2 aromatic rings. The topological polar surface area (TPSA) is 42.7 Å². The molecule has 1 atom stereocenters. The van der Waals surface area contributed by atoms with E-state index in [1.54, 1.807) is 11.3 Å². The van der Waals surface area contributed by atoms with E-state index in [9.17, 15) is 0 Å². The minimum absolute atomic E-state index is 0.0680. The predicted molar refractivity (Wildman–Crippen MR) is 81.8 cm³/mol. The fraction of sp³-hybridized carbons (Fsp3) is 0.714. The van der Waals surface area contributed by atoms with Crippen LogP contribution in [0.2, 0.25) is 0 Å². The molecule has 0 aromatic carbocycles. The van der Waals surface area contributed by atoms with E-state index in [4.69, 9.17) is 14.8 Å². The molecule has 110 valence electrons. The van der Waals surface area contributed by atoms with Crippen molar-refractivity contribution in [1.82, 2.24) is 14.6 Å². The Bertz CT molecular complexity index is 566. The molecule has 3 rings (SSSR count). The van der Waals surface area contributed by atoms with Gasteiger partial charge in [0.1, 0.15) is 0 Å². The molecular formula is C14H22N4OS. The summed E-state index contributed by atoms with van der Waals surface area (Å²) in [5, 5.41) is 5.77. The molecule has 2 aromatic heterocycles. The van der Waals surface area contributed by atoms with Gasteiger partial charge < -0.3 is 9.64 Å². The molecule has 0 N–H and O–H groups in total. The molecule has 6 heteroatoms. The van der Waals surface area contributed by atoms with Crippen LogP contribution in [0.25, 0.3) is 4.96 Å². The standard InChI is InChI=1S/C14H22N4OS/c1-5-10-9-19-7-6-17(10)13-16-18-8-11(14(2,3)4)15-12(18)20-13/h8,10H,5-7,9H2,1-4H3. The second-order valence-corrected chi connectivity index (χ2v) is 7.25. The number of imidazole rings is 1. The Kier molecular flexibility index (Phi) is 3.46. The van der Waals surface area contributed by atoms with Crippen LogP contribution in [-0.4, -0.2) is 40.4 Å². The first-order valence-electron chi connectivity index (χ1n) is 7.20. The molecular weight excluding hydrogens is 272 g/mol. The Hall–Kier alpha value is -1.14. The zero-order chi connectivity index (χ0) is 14.3. The molecule has 1 aliphatic rings. The fourth-order valence-electron chi connectivity index (χ4n) is 2.41. The lowest BCUT2D eigenvalue weighted by Crippen LogP contribution is -2.45. The molecule has 1 saturated heterocycles. The lowest BCUT2D eigenvalue weighted by Gasteiger charge is -2.34. The van der Waals surface area contributed by atoms with Crippen LogP contribution in [0.15, 0.2) is 6.20 Å². The average molecular weight is 294 g/mol. The molecule has 0 bridgehead atoms. The molecule has 0 amide bonds. The molecule has 20 heavy (non-hydrogen) atoms. The second kappa shape index (κ2) is 5.00. The van der Waals surface area contributed by atoms with E-state index in [1.807, 2.05) is 4.52 Å². The van der Waals surface area contributed by atoms with E-state index < -0.39 is 0 Å². The van der Waals surface area contributed by atoms with E-state index in [2.05, 4.69) is 38.8 Å². The summed E-state index contributed by atoms with van der Waals surface area (Å²) < 4.78 is 7.48. The molecule has 0 radical (unpaired) electrons. The first kappa shape index (κ1) is 13.8. The minimum atomic E-state index is 0.0680. The van der Waals surface area contributed by atoms with E-state index in [0.717, 1.165) is 42.0 Å². The molecule has 0 spiro atoms. The van der Waals surface area contributed by atoms with Gasteiger partial charge in [0, 0.05) is 12.0 Å². The zero-order valence-electron chi connectivity index (χ0n) is 12.6. The Morgan fingerprint density at radius 1 is 1.45 bits per heavy atom. The van der Waals surface area contributed by atoms with Crippen molar-refractivity contribution in [2.75, 3.05) is 24.7 Å². The molecule has 1 fully saturated rings. The van der Waals surface area contributed by atoms with E-state index in [-0.39, 0.29) is 5.41 Å². The third-order valence-electron chi connectivity index (χ3n) is 3.75. The Balaban J connectivity index is 1.91. The maximum Gasteiger partial charge on any atom is 0.214 e. The summed E-state index contributed by atoms with van der Waals surface area (Å²) in [6.07, 6.45) is 3.13. The van der Waals surface area contributed by atoms with Gasteiger partial charge >= 0.3 is 0 Å². The quantitative estimate of drug-likeness (QED) is 0.854. The number of ether oxygens (including phenoxy) is 1. The summed E-state index contributed by atoms with van der Waals surface area (Å²) in [4.78, 5) is 8.05. The Morgan fingerprint density at radius 3 is 2.90 bits per heavy atom. The van der Waals surface area contributed by atoms with Gasteiger partial charge in [-0.25, -0.2) is 9.50 Å². The van der Waals surface area contributed by atoms with Crippen LogP contribution >= 0.6 is 11.3 Å². The van der Waals surface area contributed by atoms with Crippen molar-refractivity contribution in [2.45, 2.75) is 45.6 Å². The third-order valence-corrected chi connectivity index (χ3v) is 4.71. The monoisotopic (exact) mass is 294 g/mol. The summed E-state index contributed by atoms with van der Waals surface area (Å²) in [6, 6.07) is 0.432. The lowest BCUT2D eigenvalue weighted by atomic mass is 9.93. The van der Waals surface area contributed by atoms with Crippen molar-refractivity contribution < 1.29 is 4.74 Å².